The number of carbonyl (C=O) groups excluding carboxylic acids is 2. The molecule has 1 aliphatic heterocycles. The van der Waals surface area contributed by atoms with E-state index >= 15 is 0 Å². The smallest absolute Gasteiger partial charge is 0.318 e. The minimum Gasteiger partial charge on any atom is -0.394 e. The summed E-state index contributed by atoms with van der Waals surface area (Å²) in [5, 5.41) is 12.8. The highest BCUT2D eigenvalue weighted by molar-refractivity contribution is 5.79. The number of methoxy groups -OCH3 is 1. The van der Waals surface area contributed by atoms with Crippen LogP contribution in [0.5, 0.6) is 0 Å². The van der Waals surface area contributed by atoms with Crippen molar-refractivity contribution in [1.29, 1.82) is 0 Å². The largest absolute Gasteiger partial charge is 0.394 e. The summed E-state index contributed by atoms with van der Waals surface area (Å²) < 4.78 is 4.91. The van der Waals surface area contributed by atoms with E-state index < -0.39 is 0 Å². The number of hydrogen-bond acceptors (Lipinski definition) is 4. The van der Waals surface area contributed by atoms with Gasteiger partial charge in [-0.05, 0) is 19.4 Å². The highest BCUT2D eigenvalue weighted by Gasteiger charge is 2.51. The van der Waals surface area contributed by atoms with E-state index in [9.17, 15) is 14.7 Å². The third kappa shape index (κ3) is 4.34. The van der Waals surface area contributed by atoms with Gasteiger partial charge in [0.15, 0.2) is 0 Å². The zero-order chi connectivity index (χ0) is 19.3. The van der Waals surface area contributed by atoms with Crippen molar-refractivity contribution in [2.75, 3.05) is 33.9 Å². The summed E-state index contributed by atoms with van der Waals surface area (Å²) in [6.07, 6.45) is 0. The van der Waals surface area contributed by atoms with Crippen LogP contribution < -0.4 is 5.32 Å². The van der Waals surface area contributed by atoms with Gasteiger partial charge >= 0.3 is 6.03 Å². The monoisotopic (exact) mass is 363 g/mol. The lowest BCUT2D eigenvalue weighted by atomic mass is 9.75. The number of ether oxygens (including phenoxy) is 1. The first-order chi connectivity index (χ1) is 12.4. The van der Waals surface area contributed by atoms with E-state index in [0.717, 1.165) is 5.56 Å². The van der Waals surface area contributed by atoms with Gasteiger partial charge in [0, 0.05) is 32.7 Å². The van der Waals surface area contributed by atoms with E-state index in [1.807, 2.05) is 44.2 Å². The number of carbonyl (C=O) groups is 2. The summed E-state index contributed by atoms with van der Waals surface area (Å²) >= 11 is 0. The maximum absolute atomic E-state index is 12.6. The normalized spacial score (nSPS) is 22.1. The molecule has 0 aliphatic carbocycles. The third-order valence-electron chi connectivity index (χ3n) is 4.72. The van der Waals surface area contributed by atoms with Crippen molar-refractivity contribution in [3.63, 3.8) is 0 Å². The highest BCUT2D eigenvalue weighted by atomic mass is 16.5. The van der Waals surface area contributed by atoms with Crippen molar-refractivity contribution < 1.29 is 19.4 Å². The Morgan fingerprint density at radius 2 is 1.92 bits per heavy atom. The van der Waals surface area contributed by atoms with Gasteiger partial charge < -0.3 is 25.0 Å². The molecule has 3 atom stereocenters. The summed E-state index contributed by atoms with van der Waals surface area (Å²) in [7, 11) is 3.18. The molecule has 2 N–H and O–H groups in total. The Labute approximate surface area is 154 Å². The summed E-state index contributed by atoms with van der Waals surface area (Å²) in [5.41, 5.74) is 1.05. The van der Waals surface area contributed by atoms with E-state index in [-0.39, 0.29) is 49.2 Å². The lowest BCUT2D eigenvalue weighted by Crippen LogP contribution is -2.70. The van der Waals surface area contributed by atoms with Crippen LogP contribution in [-0.4, -0.2) is 78.9 Å². The van der Waals surface area contributed by atoms with Crippen LogP contribution in [0.4, 0.5) is 4.79 Å². The number of benzene rings is 1. The van der Waals surface area contributed by atoms with Gasteiger partial charge in [-0.15, -0.1) is 0 Å². The average Bonchev–Trinajstić information content (AvgIpc) is 2.58. The van der Waals surface area contributed by atoms with Gasteiger partial charge in [0.25, 0.3) is 0 Å². The molecule has 0 bridgehead atoms. The van der Waals surface area contributed by atoms with Crippen molar-refractivity contribution in [3.05, 3.63) is 35.9 Å². The predicted molar refractivity (Wildman–Crippen MR) is 98.9 cm³/mol. The van der Waals surface area contributed by atoms with Crippen LogP contribution >= 0.6 is 0 Å². The lowest BCUT2D eigenvalue weighted by molar-refractivity contribution is -0.136. The molecular weight excluding hydrogens is 334 g/mol. The van der Waals surface area contributed by atoms with E-state index in [0.29, 0.717) is 6.54 Å². The van der Waals surface area contributed by atoms with Gasteiger partial charge in [-0.2, -0.15) is 0 Å². The number of amides is 3. The number of nitrogens with zero attached hydrogens (tertiary/aromatic N) is 2. The summed E-state index contributed by atoms with van der Waals surface area (Å²) in [5.74, 6) is -0.173. The van der Waals surface area contributed by atoms with Crippen molar-refractivity contribution in [1.82, 2.24) is 15.1 Å². The quantitative estimate of drug-likeness (QED) is 0.758. The van der Waals surface area contributed by atoms with Crippen LogP contribution in [0.2, 0.25) is 0 Å². The Balaban J connectivity index is 2.25. The molecule has 7 heteroatoms. The summed E-state index contributed by atoms with van der Waals surface area (Å²) in [6.45, 7) is 4.04. The van der Waals surface area contributed by atoms with Crippen LogP contribution in [0.25, 0.3) is 0 Å². The fraction of sp³-hybridized carbons (Fsp3) is 0.579. The molecule has 1 aromatic rings. The molecule has 1 aliphatic rings. The number of nitrogens with one attached hydrogen (secondary N) is 1. The minimum atomic E-state index is -0.313. The highest BCUT2D eigenvalue weighted by Crippen LogP contribution is 2.41. The van der Waals surface area contributed by atoms with Crippen LogP contribution in [-0.2, 0) is 9.53 Å². The molecule has 1 heterocycles. The Hall–Kier alpha value is -2.12. The first kappa shape index (κ1) is 20.2. The Morgan fingerprint density at radius 3 is 2.46 bits per heavy atom. The second-order valence-electron chi connectivity index (χ2n) is 6.97. The van der Waals surface area contributed by atoms with Crippen LogP contribution in [0.15, 0.2) is 30.3 Å². The Bertz CT molecular complexity index is 608. The SMILES string of the molecule is COCC(=O)N(C)C[C@H]1[C@H](c2ccccc2)[C@H](CO)N1C(=O)NC(C)C. The van der Waals surface area contributed by atoms with Gasteiger partial charge in [0.05, 0.1) is 18.7 Å². The third-order valence-corrected chi connectivity index (χ3v) is 4.72. The molecule has 0 aromatic heterocycles. The van der Waals surface area contributed by atoms with Crippen LogP contribution in [0.3, 0.4) is 0 Å². The molecule has 1 fully saturated rings. The molecule has 0 saturated carbocycles. The molecule has 0 spiro atoms. The minimum absolute atomic E-state index is 0.000836. The molecular formula is C19H29N3O4. The lowest BCUT2D eigenvalue weighted by Gasteiger charge is -2.55. The van der Waals surface area contributed by atoms with Crippen LogP contribution in [0, 0.1) is 0 Å². The molecule has 3 amide bonds. The van der Waals surface area contributed by atoms with Gasteiger partial charge in [-0.3, -0.25) is 4.79 Å². The van der Waals surface area contributed by atoms with Gasteiger partial charge in [0.2, 0.25) is 5.91 Å². The maximum atomic E-state index is 12.6. The number of aliphatic hydroxyl groups excluding tert-OH is 1. The predicted octanol–water partition coefficient (Wildman–Crippen LogP) is 1.04. The average molecular weight is 363 g/mol. The van der Waals surface area contributed by atoms with Crippen molar-refractivity contribution in [2.45, 2.75) is 37.9 Å². The molecule has 1 saturated heterocycles. The van der Waals surface area contributed by atoms with Gasteiger partial charge in [-0.1, -0.05) is 30.3 Å². The van der Waals surface area contributed by atoms with E-state index in [2.05, 4.69) is 5.32 Å². The summed E-state index contributed by atoms with van der Waals surface area (Å²) in [4.78, 5) is 28.0. The molecule has 1 aromatic carbocycles. The van der Waals surface area contributed by atoms with E-state index in [4.69, 9.17) is 4.74 Å². The molecule has 7 nitrogen and oxygen atoms in total. The fourth-order valence-corrected chi connectivity index (χ4v) is 3.51. The topological polar surface area (TPSA) is 82.1 Å². The standard InChI is InChI=1S/C19H29N3O4/c1-13(2)20-19(25)22-15(10-21(3)17(24)12-26-4)18(16(22)11-23)14-8-6-5-7-9-14/h5-9,13,15-16,18,23H,10-12H2,1-4H3,(H,20,25)/t15-,16-,18-/m0/s1. The Morgan fingerprint density at radius 1 is 1.27 bits per heavy atom. The number of likely N-dealkylation sites (N-methyl/N-ethyl adjacent to an activating group) is 1. The first-order valence-corrected chi connectivity index (χ1v) is 8.88. The Kier molecular flexibility index (Phi) is 6.99. The first-order valence-electron chi connectivity index (χ1n) is 8.88. The van der Waals surface area contributed by atoms with Gasteiger partial charge in [-0.25, -0.2) is 4.79 Å². The van der Waals surface area contributed by atoms with Crippen molar-refractivity contribution >= 4 is 11.9 Å². The number of urea groups is 1. The van der Waals surface area contributed by atoms with Crippen molar-refractivity contribution in [3.8, 4) is 0 Å². The second-order valence-corrected chi connectivity index (χ2v) is 6.97. The zero-order valence-corrected chi connectivity index (χ0v) is 15.9. The fourth-order valence-electron chi connectivity index (χ4n) is 3.51. The van der Waals surface area contributed by atoms with E-state index in [1.165, 1.54) is 7.11 Å². The van der Waals surface area contributed by atoms with Crippen molar-refractivity contribution in [2.24, 2.45) is 0 Å². The molecule has 26 heavy (non-hydrogen) atoms. The molecule has 144 valence electrons. The second kappa shape index (κ2) is 9.00. The number of aliphatic hydroxyl groups is 1. The molecule has 0 radical (unpaired) electrons. The number of hydrogen-bond donors (Lipinski definition) is 2. The van der Waals surface area contributed by atoms with E-state index in [1.54, 1.807) is 16.8 Å². The number of likely N-dealkylation sites (tertiary alicyclic amines) is 1. The molecule has 0 unspecified atom stereocenters. The molecule has 2 rings (SSSR count). The van der Waals surface area contributed by atoms with Crippen LogP contribution in [0.1, 0.15) is 25.3 Å². The zero-order valence-electron chi connectivity index (χ0n) is 15.9. The summed E-state index contributed by atoms with van der Waals surface area (Å²) in [6, 6.07) is 9.06. The van der Waals surface area contributed by atoms with Gasteiger partial charge in [0.1, 0.15) is 6.61 Å². The number of rotatable bonds is 7. The maximum Gasteiger partial charge on any atom is 0.318 e.